The first-order valence-electron chi connectivity index (χ1n) is 15.4. The van der Waals surface area contributed by atoms with Crippen LogP contribution in [0.1, 0.15) is 38.2 Å². The fourth-order valence-corrected chi connectivity index (χ4v) is 6.38. The van der Waals surface area contributed by atoms with E-state index in [1.165, 1.54) is 0 Å². The van der Waals surface area contributed by atoms with Crippen LogP contribution in [0.2, 0.25) is 0 Å². The van der Waals surface area contributed by atoms with Crippen LogP contribution in [0.5, 0.6) is 0 Å². The lowest BCUT2D eigenvalue weighted by atomic mass is 10.1. The van der Waals surface area contributed by atoms with Crippen LogP contribution in [0.4, 0.5) is 11.8 Å². The number of hydrogen-bond donors (Lipinski definition) is 6. The topological polar surface area (TPSA) is 232 Å². The normalized spacial score (nSPS) is 20.1. The highest BCUT2D eigenvalue weighted by molar-refractivity contribution is 7.80. The highest BCUT2D eigenvalue weighted by atomic mass is 32.1. The van der Waals surface area contributed by atoms with E-state index in [2.05, 4.69) is 56.7 Å². The lowest BCUT2D eigenvalue weighted by Gasteiger charge is -2.32. The molecule has 1 aliphatic carbocycles. The van der Waals surface area contributed by atoms with Crippen LogP contribution in [0.25, 0.3) is 0 Å². The van der Waals surface area contributed by atoms with Crippen molar-refractivity contribution < 1.29 is 55.9 Å². The van der Waals surface area contributed by atoms with Gasteiger partial charge >= 0.3 is 8.25 Å². The number of anilines is 2. The zero-order valence-corrected chi connectivity index (χ0v) is 32.4. The molecule has 18 nitrogen and oxygen atoms in total. The quantitative estimate of drug-likeness (QED) is 0.0231. The second-order valence-corrected chi connectivity index (χ2v) is 14.5. The van der Waals surface area contributed by atoms with E-state index in [4.69, 9.17) is 43.1 Å². The Bertz CT molecular complexity index is 1500. The van der Waals surface area contributed by atoms with Gasteiger partial charge in [-0.1, -0.05) is 30.9 Å². The summed E-state index contributed by atoms with van der Waals surface area (Å²) >= 11 is 8.54. The third-order valence-electron chi connectivity index (χ3n) is 6.69. The fourth-order valence-electron chi connectivity index (χ4n) is 4.59. The van der Waals surface area contributed by atoms with E-state index >= 15 is 0 Å². The SMILES string of the molecule is CC[C@@H](OC(OPO[PH](=O)OPO)O[C@H](C)S)N1CC(C#CCNC(=O)COCCOC(S)COC2C=C(C=O)C=CC2)c2c1nc(N)[nH]c2=O. The number of carbonyl (C=O) groups is 2. The van der Waals surface area contributed by atoms with E-state index in [0.29, 0.717) is 18.4 Å². The van der Waals surface area contributed by atoms with Gasteiger partial charge in [0, 0.05) is 12.1 Å². The summed E-state index contributed by atoms with van der Waals surface area (Å²) in [6.07, 6.45) is 6.16. The molecule has 0 spiro atoms. The Balaban J connectivity index is 1.47. The Morgan fingerprint density at radius 3 is 2.86 bits per heavy atom. The van der Waals surface area contributed by atoms with Crippen molar-refractivity contribution in [1.82, 2.24) is 15.3 Å². The molecular weight excluding hydrogens is 771 g/mol. The molecule has 7 unspecified atom stereocenters. The molecule has 0 radical (unpaired) electrons. The molecule has 1 aromatic heterocycles. The van der Waals surface area contributed by atoms with Gasteiger partial charge in [-0.2, -0.15) is 4.98 Å². The highest BCUT2D eigenvalue weighted by Crippen LogP contribution is 2.41. The molecule has 9 atom stereocenters. The first-order chi connectivity index (χ1) is 24.5. The van der Waals surface area contributed by atoms with E-state index in [1.807, 2.05) is 13.0 Å². The van der Waals surface area contributed by atoms with Crippen LogP contribution < -0.4 is 21.5 Å². The first-order valence-corrected chi connectivity index (χ1v) is 19.4. The van der Waals surface area contributed by atoms with Gasteiger partial charge in [0.15, 0.2) is 18.1 Å². The van der Waals surface area contributed by atoms with Gasteiger partial charge in [0.25, 0.3) is 12.0 Å². The van der Waals surface area contributed by atoms with Crippen LogP contribution in [-0.4, -0.2) is 96.3 Å². The molecule has 1 aromatic rings. The van der Waals surface area contributed by atoms with Gasteiger partial charge in [0.05, 0.1) is 44.0 Å². The minimum absolute atomic E-state index is 0.0145. The summed E-state index contributed by atoms with van der Waals surface area (Å²) in [5.74, 6) is 5.01. The zero-order valence-electron chi connectivity index (χ0n) is 27.6. The maximum absolute atomic E-state index is 12.9. The summed E-state index contributed by atoms with van der Waals surface area (Å²) in [7, 11) is -4.81. The predicted molar refractivity (Wildman–Crippen MR) is 197 cm³/mol. The van der Waals surface area contributed by atoms with Crippen LogP contribution in [0.15, 0.2) is 28.6 Å². The zero-order chi connectivity index (χ0) is 37.2. The van der Waals surface area contributed by atoms with Crippen molar-refractivity contribution >= 4 is 75.5 Å². The van der Waals surface area contributed by atoms with Gasteiger partial charge in [-0.05, 0) is 25.8 Å². The number of aromatic nitrogens is 2. The third-order valence-corrected chi connectivity index (χ3v) is 9.43. The Morgan fingerprint density at radius 2 is 2.14 bits per heavy atom. The standard InChI is InChI=1S/C28H42N5O13P3S2/c1-3-22(43-28(42-17(2)50)44-48-46-49(38)45-47-37)33-13-19(24-25(33)31-27(29)32-26(24)36)7-5-9-30-21(35)15-39-10-11-40-23(51)16-41-20-8-4-6-18(12-20)14-34/h4,6,12,14,17,19-20,22-23,28,37,47-51H,3,8-11,13,15-16H2,1-2H3,(H,30,35)(H3,29,31,32,36)/t17-,19?,20?,22+,23?,28?/m0/s1. The second kappa shape index (κ2) is 23.7. The van der Waals surface area contributed by atoms with Crippen molar-refractivity contribution in [3.63, 3.8) is 0 Å². The molecule has 51 heavy (non-hydrogen) atoms. The maximum atomic E-state index is 12.9. The number of fused-ring (bicyclic) bond motifs is 1. The molecule has 2 aliphatic rings. The largest absolute Gasteiger partial charge is 0.370 e. The molecule has 3 rings (SSSR count). The van der Waals surface area contributed by atoms with Gasteiger partial charge in [-0.15, -0.1) is 25.3 Å². The van der Waals surface area contributed by atoms with Gasteiger partial charge in [-0.3, -0.25) is 37.1 Å². The van der Waals surface area contributed by atoms with Gasteiger partial charge in [0.2, 0.25) is 11.9 Å². The smallest absolute Gasteiger partial charge is 0.329 e. The van der Waals surface area contributed by atoms with Crippen LogP contribution in [0.3, 0.4) is 0 Å². The van der Waals surface area contributed by atoms with Crippen molar-refractivity contribution in [2.75, 3.05) is 50.2 Å². The molecule has 23 heteroatoms. The number of aromatic amines is 1. The number of rotatable bonds is 23. The second-order valence-electron chi connectivity index (χ2n) is 10.4. The molecule has 284 valence electrons. The number of nitrogens with two attached hydrogens (primary N) is 1. The Hall–Kier alpha value is -1.91. The van der Waals surface area contributed by atoms with Gasteiger partial charge < -0.3 is 44.5 Å². The van der Waals surface area contributed by atoms with Crippen molar-refractivity contribution in [1.29, 1.82) is 0 Å². The monoisotopic (exact) mass is 813 g/mol. The van der Waals surface area contributed by atoms with E-state index in [-0.39, 0.29) is 63.0 Å². The summed E-state index contributed by atoms with van der Waals surface area (Å²) in [6, 6.07) is 0. The number of aldehydes is 1. The van der Waals surface area contributed by atoms with Gasteiger partial charge in [0.1, 0.15) is 35.8 Å². The number of amides is 1. The molecule has 0 fully saturated rings. The maximum Gasteiger partial charge on any atom is 0.329 e. The third kappa shape index (κ3) is 15.5. The number of H-pyrrole nitrogens is 1. The molecule has 1 aliphatic heterocycles. The Labute approximate surface area is 309 Å². The number of carbonyl (C=O) groups excluding carboxylic acids is 2. The average Bonchev–Trinajstić information content (AvgIpc) is 3.45. The molecular formula is C28H42N5O13P3S2. The summed E-state index contributed by atoms with van der Waals surface area (Å²) in [5, 5.41) is 2.64. The minimum Gasteiger partial charge on any atom is -0.370 e. The van der Waals surface area contributed by atoms with Crippen LogP contribution >= 0.6 is 51.6 Å². The molecule has 2 heterocycles. The van der Waals surface area contributed by atoms with Crippen molar-refractivity contribution in [3.05, 3.63) is 39.7 Å². The molecule has 0 saturated carbocycles. The lowest BCUT2D eigenvalue weighted by molar-refractivity contribution is -0.267. The minimum atomic E-state index is -2.98. The molecule has 0 aromatic carbocycles. The van der Waals surface area contributed by atoms with E-state index in [1.54, 1.807) is 24.0 Å². The van der Waals surface area contributed by atoms with Crippen LogP contribution in [0, 0.1) is 11.8 Å². The molecule has 5 N–H and O–H groups in total. The number of thiol groups is 2. The van der Waals surface area contributed by atoms with Gasteiger partial charge in [-0.25, -0.2) is 0 Å². The number of allylic oxidation sites excluding steroid dienone is 2. The van der Waals surface area contributed by atoms with Crippen LogP contribution in [-0.2, 0) is 51.0 Å². The lowest BCUT2D eigenvalue weighted by Crippen LogP contribution is -2.40. The Kier molecular flexibility index (Phi) is 20.2. The summed E-state index contributed by atoms with van der Waals surface area (Å²) < 4.78 is 54.6. The number of nitrogens with zero attached hydrogens (tertiary/aromatic N) is 2. The average molecular weight is 814 g/mol. The Morgan fingerprint density at radius 1 is 1.33 bits per heavy atom. The van der Waals surface area contributed by atoms with Crippen molar-refractivity contribution in [2.24, 2.45) is 0 Å². The molecule has 1 amide bonds. The van der Waals surface area contributed by atoms with E-state index in [0.717, 1.165) is 6.29 Å². The number of ether oxygens (including phenoxy) is 5. The predicted octanol–water partition coefficient (Wildman–Crippen LogP) is 1.91. The summed E-state index contributed by atoms with van der Waals surface area (Å²) in [6.45, 7) is 2.59. The highest BCUT2D eigenvalue weighted by Gasteiger charge is 2.37. The number of nitrogens with one attached hydrogen (secondary N) is 2. The summed E-state index contributed by atoms with van der Waals surface area (Å²) in [4.78, 5) is 53.4. The van der Waals surface area contributed by atoms with E-state index in [9.17, 15) is 18.9 Å². The molecule has 0 bridgehead atoms. The van der Waals surface area contributed by atoms with E-state index < -0.39 is 67.3 Å². The first kappa shape index (κ1) is 43.5. The fraction of sp³-hybridized carbons (Fsp3) is 0.571. The van der Waals surface area contributed by atoms with Crippen molar-refractivity contribution in [3.8, 4) is 11.8 Å². The molecule has 0 saturated heterocycles. The number of hydrogen-bond acceptors (Lipinski definition) is 18. The summed E-state index contributed by atoms with van der Waals surface area (Å²) in [5.41, 5.74) is 5.06. The van der Waals surface area contributed by atoms with Crippen molar-refractivity contribution in [2.45, 2.75) is 62.3 Å². The number of nitrogen functional groups attached to an aromatic ring is 1.